The van der Waals surface area contributed by atoms with Gasteiger partial charge in [-0.1, -0.05) is 18.2 Å². The number of rotatable bonds is 3. The second-order valence-electron chi connectivity index (χ2n) is 5.66. The van der Waals surface area contributed by atoms with Gasteiger partial charge in [-0.15, -0.1) is 0 Å². The van der Waals surface area contributed by atoms with Crippen LogP contribution in [0.15, 0.2) is 59.2 Å². The predicted molar refractivity (Wildman–Crippen MR) is 85.7 cm³/mol. The van der Waals surface area contributed by atoms with Gasteiger partial charge in [0.05, 0.1) is 23.3 Å². The van der Waals surface area contributed by atoms with Crippen LogP contribution >= 0.6 is 0 Å². The third-order valence-electron chi connectivity index (χ3n) is 3.85. The van der Waals surface area contributed by atoms with Gasteiger partial charge in [0, 0.05) is 5.56 Å². The average Bonchev–Trinajstić information content (AvgIpc) is 3.20. The highest BCUT2D eigenvalue weighted by atomic mass is 19.4. The maximum Gasteiger partial charge on any atom is 0.449 e. The van der Waals surface area contributed by atoms with Crippen LogP contribution in [0.5, 0.6) is 0 Å². The Balaban J connectivity index is 1.74. The van der Waals surface area contributed by atoms with Gasteiger partial charge >= 0.3 is 6.18 Å². The summed E-state index contributed by atoms with van der Waals surface area (Å²) in [4.78, 5) is 7.86. The molecule has 0 atom stereocenters. The molecule has 0 saturated carbocycles. The van der Waals surface area contributed by atoms with E-state index >= 15 is 0 Å². The summed E-state index contributed by atoms with van der Waals surface area (Å²) >= 11 is 0. The van der Waals surface area contributed by atoms with E-state index in [4.69, 9.17) is 4.42 Å². The third-order valence-corrected chi connectivity index (χ3v) is 3.85. The quantitative estimate of drug-likeness (QED) is 0.488. The molecule has 0 N–H and O–H groups in total. The number of oxazole rings is 1. The molecule has 0 aliphatic rings. The van der Waals surface area contributed by atoms with Crippen LogP contribution in [-0.4, -0.2) is 14.5 Å². The van der Waals surface area contributed by atoms with Crippen LogP contribution in [-0.2, 0) is 12.7 Å². The zero-order valence-electron chi connectivity index (χ0n) is 13.2. The van der Waals surface area contributed by atoms with Crippen molar-refractivity contribution in [3.05, 3.63) is 72.1 Å². The first-order valence-electron chi connectivity index (χ1n) is 7.64. The van der Waals surface area contributed by atoms with E-state index in [0.29, 0.717) is 11.1 Å². The van der Waals surface area contributed by atoms with Gasteiger partial charge in [-0.2, -0.15) is 13.2 Å². The minimum atomic E-state index is -4.60. The molecule has 0 unspecified atom stereocenters. The maximum atomic E-state index is 13.3. The van der Waals surface area contributed by atoms with Crippen molar-refractivity contribution in [2.75, 3.05) is 0 Å². The number of hydrogen-bond donors (Lipinski definition) is 0. The van der Waals surface area contributed by atoms with E-state index in [2.05, 4.69) is 9.97 Å². The molecule has 26 heavy (non-hydrogen) atoms. The van der Waals surface area contributed by atoms with Gasteiger partial charge < -0.3 is 8.98 Å². The summed E-state index contributed by atoms with van der Waals surface area (Å²) < 4.78 is 59.7. The number of hydrogen-bond acceptors (Lipinski definition) is 3. The molecule has 2 aromatic carbocycles. The van der Waals surface area contributed by atoms with Gasteiger partial charge in [0.1, 0.15) is 12.1 Å². The van der Waals surface area contributed by atoms with Gasteiger partial charge in [-0.05, 0) is 30.3 Å². The van der Waals surface area contributed by atoms with Crippen LogP contribution in [0, 0.1) is 5.82 Å². The molecular formula is C18H11F4N3O. The number of nitrogens with zero attached hydrogens (tertiary/aromatic N) is 3. The van der Waals surface area contributed by atoms with E-state index < -0.39 is 17.8 Å². The zero-order valence-corrected chi connectivity index (χ0v) is 13.2. The fourth-order valence-corrected chi connectivity index (χ4v) is 2.75. The predicted octanol–water partition coefficient (Wildman–Crippen LogP) is 4.90. The molecule has 2 heterocycles. The lowest BCUT2D eigenvalue weighted by Gasteiger charge is -2.09. The summed E-state index contributed by atoms with van der Waals surface area (Å²) in [5.74, 6) is -1.33. The summed E-state index contributed by atoms with van der Waals surface area (Å²) in [7, 11) is 0. The molecule has 8 heteroatoms. The van der Waals surface area contributed by atoms with Crippen LogP contribution in [0.1, 0.15) is 11.5 Å². The number of imidazole rings is 1. The van der Waals surface area contributed by atoms with E-state index in [0.717, 1.165) is 4.57 Å². The second-order valence-corrected chi connectivity index (χ2v) is 5.66. The highest BCUT2D eigenvalue weighted by Crippen LogP contribution is 2.32. The highest BCUT2D eigenvalue weighted by molar-refractivity contribution is 5.76. The second kappa shape index (κ2) is 5.98. The van der Waals surface area contributed by atoms with Gasteiger partial charge in [0.25, 0.3) is 0 Å². The zero-order chi connectivity index (χ0) is 18.3. The van der Waals surface area contributed by atoms with E-state index in [9.17, 15) is 17.6 Å². The Hall–Kier alpha value is -3.16. The first-order chi connectivity index (χ1) is 12.4. The fraction of sp³-hybridized carbons (Fsp3) is 0.111. The van der Waals surface area contributed by atoms with Gasteiger partial charge in [-0.25, -0.2) is 14.4 Å². The Labute approximate surface area is 144 Å². The Morgan fingerprint density at radius 3 is 2.58 bits per heavy atom. The topological polar surface area (TPSA) is 43.9 Å². The molecule has 0 saturated heterocycles. The lowest BCUT2D eigenvalue weighted by Crippen LogP contribution is -2.15. The van der Waals surface area contributed by atoms with E-state index in [-0.39, 0.29) is 23.6 Å². The number of halogens is 4. The van der Waals surface area contributed by atoms with Crippen LogP contribution < -0.4 is 0 Å². The van der Waals surface area contributed by atoms with Crippen LogP contribution in [0.4, 0.5) is 17.6 Å². The van der Waals surface area contributed by atoms with Crippen molar-refractivity contribution < 1.29 is 22.0 Å². The summed E-state index contributed by atoms with van der Waals surface area (Å²) in [5.41, 5.74) is 1.27. The molecule has 2 aromatic heterocycles. The smallest absolute Gasteiger partial charge is 0.444 e. The minimum Gasteiger partial charge on any atom is -0.444 e. The van der Waals surface area contributed by atoms with Gasteiger partial charge in [-0.3, -0.25) is 0 Å². The Morgan fingerprint density at radius 2 is 1.81 bits per heavy atom. The van der Waals surface area contributed by atoms with E-state index in [1.54, 1.807) is 24.3 Å². The monoisotopic (exact) mass is 361 g/mol. The first-order valence-corrected chi connectivity index (χ1v) is 7.64. The molecule has 4 nitrogen and oxygen atoms in total. The summed E-state index contributed by atoms with van der Waals surface area (Å²) in [5, 5.41) is 0. The fourth-order valence-electron chi connectivity index (χ4n) is 2.75. The molecular weight excluding hydrogens is 350 g/mol. The Bertz CT molecular complexity index is 1080. The molecule has 0 amide bonds. The SMILES string of the molecule is Fc1cccc(-c2nc(Cn3c(C(F)(F)F)nc4ccccc43)co2)c1. The highest BCUT2D eigenvalue weighted by Gasteiger charge is 2.37. The van der Waals surface area contributed by atoms with Crippen molar-refractivity contribution in [1.29, 1.82) is 0 Å². The maximum absolute atomic E-state index is 13.3. The molecule has 0 aliphatic heterocycles. The largest absolute Gasteiger partial charge is 0.449 e. The number of aromatic nitrogens is 3. The molecule has 0 bridgehead atoms. The first kappa shape index (κ1) is 16.3. The standard InChI is InChI=1S/C18H11F4N3O/c19-12-5-3-4-11(8-12)16-23-13(10-26-16)9-25-15-7-2-1-6-14(15)24-17(25)18(20,21)22/h1-8,10H,9H2. The van der Waals surface area contributed by atoms with Gasteiger partial charge in [0.15, 0.2) is 0 Å². The van der Waals surface area contributed by atoms with Crippen LogP contribution in [0.2, 0.25) is 0 Å². The number of fused-ring (bicyclic) bond motifs is 1. The van der Waals surface area contributed by atoms with Crippen LogP contribution in [0.3, 0.4) is 0 Å². The van der Waals surface area contributed by atoms with Crippen LogP contribution in [0.25, 0.3) is 22.5 Å². The number of alkyl halides is 3. The van der Waals surface area contributed by atoms with Crippen molar-refractivity contribution in [3.8, 4) is 11.5 Å². The van der Waals surface area contributed by atoms with Crippen molar-refractivity contribution in [2.24, 2.45) is 0 Å². The Kier molecular flexibility index (Phi) is 3.75. The summed E-state index contributed by atoms with van der Waals surface area (Å²) in [6.45, 7) is -0.172. The average molecular weight is 361 g/mol. The summed E-state index contributed by atoms with van der Waals surface area (Å²) in [6, 6.07) is 12.0. The number of para-hydroxylation sites is 2. The molecule has 0 fully saturated rings. The lowest BCUT2D eigenvalue weighted by molar-refractivity contribution is -0.146. The Morgan fingerprint density at radius 1 is 1.00 bits per heavy atom. The minimum absolute atomic E-state index is 0.137. The normalized spacial score (nSPS) is 12.0. The van der Waals surface area contributed by atoms with Gasteiger partial charge in [0.2, 0.25) is 11.7 Å². The number of benzene rings is 2. The molecule has 0 radical (unpaired) electrons. The molecule has 0 aliphatic carbocycles. The molecule has 132 valence electrons. The molecule has 0 spiro atoms. The van der Waals surface area contributed by atoms with Crippen molar-refractivity contribution >= 4 is 11.0 Å². The molecule has 4 aromatic rings. The van der Waals surface area contributed by atoms with E-state index in [1.807, 2.05) is 0 Å². The van der Waals surface area contributed by atoms with Crippen molar-refractivity contribution in [2.45, 2.75) is 12.7 Å². The lowest BCUT2D eigenvalue weighted by atomic mass is 10.2. The third kappa shape index (κ3) is 2.94. The van der Waals surface area contributed by atoms with Crippen molar-refractivity contribution in [1.82, 2.24) is 14.5 Å². The van der Waals surface area contributed by atoms with Crippen molar-refractivity contribution in [3.63, 3.8) is 0 Å². The van der Waals surface area contributed by atoms with E-state index in [1.165, 1.54) is 30.5 Å². The summed E-state index contributed by atoms with van der Waals surface area (Å²) in [6.07, 6.45) is -3.34. The molecule has 4 rings (SSSR count).